The molecule has 9 nitrogen and oxygen atoms in total. The van der Waals surface area contributed by atoms with Crippen molar-refractivity contribution in [2.24, 2.45) is 0 Å². The highest BCUT2D eigenvalue weighted by Gasteiger charge is 2.27. The van der Waals surface area contributed by atoms with E-state index in [9.17, 15) is 32.5 Å². The van der Waals surface area contributed by atoms with Crippen molar-refractivity contribution in [3.05, 3.63) is 69.5 Å². The highest BCUT2D eigenvalue weighted by Crippen LogP contribution is 2.22. The molecule has 0 saturated carbocycles. The van der Waals surface area contributed by atoms with Crippen LogP contribution in [0.4, 0.5) is 10.1 Å². The van der Waals surface area contributed by atoms with Crippen molar-refractivity contribution in [2.45, 2.75) is 23.8 Å². The lowest BCUT2D eigenvalue weighted by atomic mass is 10.0. The monoisotopic (exact) mass is 449 g/mol. The van der Waals surface area contributed by atoms with Crippen molar-refractivity contribution in [3.8, 4) is 0 Å². The van der Waals surface area contributed by atoms with Gasteiger partial charge in [0.05, 0.1) is 15.4 Å². The van der Waals surface area contributed by atoms with Crippen LogP contribution in [0.5, 0.6) is 0 Å². The minimum Gasteiger partial charge on any atom is -0.349 e. The molecule has 2 aromatic rings. The number of hydrogen-bond donors (Lipinski definition) is 1. The summed E-state index contributed by atoms with van der Waals surface area (Å²) in [6.45, 7) is 0.587. The predicted octanol–water partition coefficient (Wildman–Crippen LogP) is 2.17. The Bertz CT molecular complexity index is 1140. The number of likely N-dealkylation sites (tertiary alicyclic amines) is 1. The van der Waals surface area contributed by atoms with E-state index in [1.807, 2.05) is 0 Å². The zero-order valence-electron chi connectivity index (χ0n) is 16.6. The highest BCUT2D eigenvalue weighted by molar-refractivity contribution is 7.90. The molecule has 1 N–H and O–H groups in total. The van der Waals surface area contributed by atoms with Gasteiger partial charge < -0.3 is 10.2 Å². The van der Waals surface area contributed by atoms with Crippen LogP contribution >= 0.6 is 0 Å². The molecule has 0 unspecified atom stereocenters. The van der Waals surface area contributed by atoms with Crippen LogP contribution < -0.4 is 5.32 Å². The first-order valence-corrected chi connectivity index (χ1v) is 11.3. The molecule has 31 heavy (non-hydrogen) atoms. The smallest absolute Gasteiger partial charge is 0.271 e. The third kappa shape index (κ3) is 5.23. The third-order valence-electron chi connectivity index (χ3n) is 5.01. The van der Waals surface area contributed by atoms with Crippen molar-refractivity contribution in [2.75, 3.05) is 19.3 Å². The van der Waals surface area contributed by atoms with Crippen LogP contribution in [0.25, 0.3) is 0 Å². The second kappa shape index (κ2) is 8.80. The fourth-order valence-corrected chi connectivity index (χ4v) is 4.01. The third-order valence-corrected chi connectivity index (χ3v) is 6.11. The molecule has 1 fully saturated rings. The van der Waals surface area contributed by atoms with E-state index in [0.29, 0.717) is 25.9 Å². The maximum absolute atomic E-state index is 13.8. The van der Waals surface area contributed by atoms with E-state index in [-0.39, 0.29) is 22.1 Å². The maximum Gasteiger partial charge on any atom is 0.271 e. The number of non-ortho nitro benzene ring substituents is 1. The predicted molar refractivity (Wildman–Crippen MR) is 109 cm³/mol. The molecule has 1 aliphatic rings. The van der Waals surface area contributed by atoms with Crippen LogP contribution in [0.2, 0.25) is 0 Å². The standard InChI is InChI=1S/C20H20FN3O6S/c1-31(29,30)16-11-13(10-15(12-16)24(27)28)19(25)22-14-6-8-23(9-7-14)20(26)17-4-2-3-5-18(17)21/h2-5,10-12,14H,6-9H2,1H3,(H,22,25). The molecule has 2 aromatic carbocycles. The molecule has 1 heterocycles. The molecule has 0 aliphatic carbocycles. The lowest BCUT2D eigenvalue weighted by molar-refractivity contribution is -0.385. The van der Waals surface area contributed by atoms with Crippen molar-refractivity contribution >= 4 is 27.3 Å². The van der Waals surface area contributed by atoms with Gasteiger partial charge in [-0.25, -0.2) is 12.8 Å². The van der Waals surface area contributed by atoms with Gasteiger partial charge in [-0.1, -0.05) is 12.1 Å². The molecule has 164 valence electrons. The highest BCUT2D eigenvalue weighted by atomic mass is 32.2. The number of amides is 2. The van der Waals surface area contributed by atoms with Crippen molar-refractivity contribution in [1.82, 2.24) is 10.2 Å². The average Bonchev–Trinajstić information content (AvgIpc) is 2.73. The first-order valence-electron chi connectivity index (χ1n) is 9.40. The van der Waals surface area contributed by atoms with Gasteiger partial charge in [-0.2, -0.15) is 0 Å². The first kappa shape index (κ1) is 22.3. The van der Waals surface area contributed by atoms with Crippen LogP contribution in [0.1, 0.15) is 33.6 Å². The average molecular weight is 449 g/mol. The summed E-state index contributed by atoms with van der Waals surface area (Å²) in [6.07, 6.45) is 1.70. The van der Waals surface area contributed by atoms with Gasteiger partial charge in [0, 0.05) is 43.1 Å². The summed E-state index contributed by atoms with van der Waals surface area (Å²) < 4.78 is 37.4. The number of halogens is 1. The van der Waals surface area contributed by atoms with Gasteiger partial charge in [0.2, 0.25) is 0 Å². The largest absolute Gasteiger partial charge is 0.349 e. The Morgan fingerprint density at radius 3 is 2.39 bits per heavy atom. The molecule has 1 saturated heterocycles. The van der Waals surface area contributed by atoms with E-state index < -0.39 is 38.1 Å². The van der Waals surface area contributed by atoms with E-state index in [1.165, 1.54) is 23.1 Å². The van der Waals surface area contributed by atoms with E-state index >= 15 is 0 Å². The van der Waals surface area contributed by atoms with Gasteiger partial charge >= 0.3 is 0 Å². The quantitative estimate of drug-likeness (QED) is 0.551. The van der Waals surface area contributed by atoms with Crippen molar-refractivity contribution in [3.63, 3.8) is 0 Å². The van der Waals surface area contributed by atoms with E-state index in [2.05, 4.69) is 5.32 Å². The van der Waals surface area contributed by atoms with Crippen molar-refractivity contribution in [1.29, 1.82) is 0 Å². The molecule has 2 amide bonds. The number of carbonyl (C=O) groups excluding carboxylic acids is 2. The number of carbonyl (C=O) groups is 2. The molecule has 0 bridgehead atoms. The number of benzene rings is 2. The summed E-state index contributed by atoms with van der Waals surface area (Å²) in [4.78, 5) is 36.6. The Kier molecular flexibility index (Phi) is 6.34. The molecule has 1 aliphatic heterocycles. The Balaban J connectivity index is 1.68. The van der Waals surface area contributed by atoms with Gasteiger partial charge in [0.1, 0.15) is 5.82 Å². The Labute approximate surface area is 177 Å². The molecule has 11 heteroatoms. The van der Waals surface area contributed by atoms with Gasteiger partial charge in [0.25, 0.3) is 17.5 Å². The summed E-state index contributed by atoms with van der Waals surface area (Å²) >= 11 is 0. The first-order chi connectivity index (χ1) is 14.6. The molecular weight excluding hydrogens is 429 g/mol. The lowest BCUT2D eigenvalue weighted by Crippen LogP contribution is -2.46. The van der Waals surface area contributed by atoms with Crippen LogP contribution in [0.15, 0.2) is 47.4 Å². The summed E-state index contributed by atoms with van der Waals surface area (Å²) in [6, 6.07) is 8.38. The second-order valence-electron chi connectivity index (χ2n) is 7.26. The summed E-state index contributed by atoms with van der Waals surface area (Å²) in [5.74, 6) is -1.68. The lowest BCUT2D eigenvalue weighted by Gasteiger charge is -2.32. The number of nitrogens with zero attached hydrogens (tertiary/aromatic N) is 2. The summed E-state index contributed by atoms with van der Waals surface area (Å²) in [5.41, 5.74) is -0.659. The minimum absolute atomic E-state index is 0.0186. The van der Waals surface area contributed by atoms with Gasteiger partial charge in [-0.15, -0.1) is 0 Å². The molecular formula is C20H20FN3O6S. The molecule has 0 radical (unpaired) electrons. The van der Waals surface area contributed by atoms with Crippen LogP contribution in [0.3, 0.4) is 0 Å². The summed E-state index contributed by atoms with van der Waals surface area (Å²) in [5, 5.41) is 13.8. The Morgan fingerprint density at radius 2 is 1.81 bits per heavy atom. The Morgan fingerprint density at radius 1 is 1.16 bits per heavy atom. The topological polar surface area (TPSA) is 127 Å². The van der Waals surface area contributed by atoms with Crippen LogP contribution in [-0.2, 0) is 9.84 Å². The zero-order valence-corrected chi connectivity index (χ0v) is 17.4. The zero-order chi connectivity index (χ0) is 22.8. The fourth-order valence-electron chi connectivity index (χ4n) is 3.33. The number of sulfone groups is 1. The molecule has 3 rings (SSSR count). The number of hydrogen-bond acceptors (Lipinski definition) is 6. The normalized spacial score (nSPS) is 14.8. The number of nitro groups is 1. The van der Waals surface area contributed by atoms with E-state index in [4.69, 9.17) is 0 Å². The number of nitro benzene ring substituents is 1. The second-order valence-corrected chi connectivity index (χ2v) is 9.28. The summed E-state index contributed by atoms with van der Waals surface area (Å²) in [7, 11) is -3.75. The fraction of sp³-hybridized carbons (Fsp3) is 0.300. The maximum atomic E-state index is 13.8. The minimum atomic E-state index is -3.75. The molecule has 0 spiro atoms. The van der Waals surface area contributed by atoms with Crippen LogP contribution in [-0.4, -0.2) is 55.4 Å². The van der Waals surface area contributed by atoms with E-state index in [1.54, 1.807) is 6.07 Å². The van der Waals surface area contributed by atoms with Crippen molar-refractivity contribution < 1.29 is 27.3 Å². The Hall–Kier alpha value is -3.34. The van der Waals surface area contributed by atoms with Gasteiger partial charge in [-0.3, -0.25) is 19.7 Å². The SMILES string of the molecule is CS(=O)(=O)c1cc(C(=O)NC2CCN(C(=O)c3ccccc3F)CC2)cc([N+](=O)[O-])c1. The number of nitrogens with one attached hydrogen (secondary N) is 1. The number of piperidine rings is 1. The number of rotatable bonds is 5. The van der Waals surface area contributed by atoms with Gasteiger partial charge in [-0.05, 0) is 31.0 Å². The van der Waals surface area contributed by atoms with Crippen LogP contribution in [0, 0.1) is 15.9 Å². The van der Waals surface area contributed by atoms with Gasteiger partial charge in [0.15, 0.2) is 9.84 Å². The molecule has 0 aromatic heterocycles. The molecule has 0 atom stereocenters. The van der Waals surface area contributed by atoms with E-state index in [0.717, 1.165) is 24.5 Å².